The van der Waals surface area contributed by atoms with Gasteiger partial charge in [0.1, 0.15) is 0 Å². The van der Waals surface area contributed by atoms with Gasteiger partial charge in [-0.15, -0.1) is 0 Å². The maximum atomic E-state index is 12.2. The molecule has 5 nitrogen and oxygen atoms in total. The Kier molecular flexibility index (Phi) is 6.18. The van der Waals surface area contributed by atoms with E-state index in [1.54, 1.807) is 0 Å². The molecule has 0 heterocycles. The number of azide groups is 1. The molecule has 0 radical (unpaired) electrons. The lowest BCUT2D eigenvalue weighted by Crippen LogP contribution is -2.07. The highest BCUT2D eigenvalue weighted by Gasteiger charge is 2.14. The molecule has 1 aromatic rings. The molecule has 0 atom stereocenters. The number of benzene rings is 1. The zero-order chi connectivity index (χ0) is 15.0. The molecule has 0 aromatic heterocycles. The number of hydrogen-bond acceptors (Lipinski definition) is 3. The standard InChI is InChI=1S/C11H9F4N3O2/c12-10(13)19-8-4-3-7(2-1-5-17-18-16)6-9(8)20-11(14)15/h1-4,6,10-11H,5H2. The Labute approximate surface area is 111 Å². The van der Waals surface area contributed by atoms with E-state index >= 15 is 0 Å². The van der Waals surface area contributed by atoms with Crippen molar-refractivity contribution in [3.8, 4) is 11.5 Å². The zero-order valence-corrected chi connectivity index (χ0v) is 9.92. The van der Waals surface area contributed by atoms with E-state index in [0.29, 0.717) is 5.56 Å². The highest BCUT2D eigenvalue weighted by molar-refractivity contribution is 5.56. The fourth-order valence-corrected chi connectivity index (χ4v) is 1.28. The van der Waals surface area contributed by atoms with Gasteiger partial charge >= 0.3 is 13.2 Å². The third-order valence-electron chi connectivity index (χ3n) is 1.96. The van der Waals surface area contributed by atoms with Crippen LogP contribution in [0, 0.1) is 0 Å². The van der Waals surface area contributed by atoms with E-state index < -0.39 is 24.7 Å². The highest BCUT2D eigenvalue weighted by atomic mass is 19.3. The molecule has 0 aliphatic carbocycles. The van der Waals surface area contributed by atoms with Gasteiger partial charge in [-0.3, -0.25) is 0 Å². The lowest BCUT2D eigenvalue weighted by atomic mass is 10.2. The molecule has 0 saturated carbocycles. The smallest absolute Gasteiger partial charge is 0.387 e. The van der Waals surface area contributed by atoms with Gasteiger partial charge in [-0.1, -0.05) is 23.3 Å². The van der Waals surface area contributed by atoms with Gasteiger partial charge in [0.15, 0.2) is 11.5 Å². The van der Waals surface area contributed by atoms with Crippen molar-refractivity contribution in [1.29, 1.82) is 0 Å². The predicted molar refractivity (Wildman–Crippen MR) is 62.8 cm³/mol. The number of alkyl halides is 4. The lowest BCUT2D eigenvalue weighted by Gasteiger charge is -2.12. The van der Waals surface area contributed by atoms with Gasteiger partial charge in [0.2, 0.25) is 0 Å². The van der Waals surface area contributed by atoms with E-state index in [1.165, 1.54) is 18.2 Å². The summed E-state index contributed by atoms with van der Waals surface area (Å²) in [4.78, 5) is 2.52. The molecule has 20 heavy (non-hydrogen) atoms. The first-order valence-corrected chi connectivity index (χ1v) is 5.24. The summed E-state index contributed by atoms with van der Waals surface area (Å²) in [5, 5.41) is 3.23. The number of rotatable bonds is 7. The normalized spacial score (nSPS) is 10.9. The summed E-state index contributed by atoms with van der Waals surface area (Å²) >= 11 is 0. The fraction of sp³-hybridized carbons (Fsp3) is 0.273. The zero-order valence-electron chi connectivity index (χ0n) is 9.92. The van der Waals surface area contributed by atoms with Crippen molar-refractivity contribution in [3.05, 3.63) is 40.3 Å². The van der Waals surface area contributed by atoms with E-state index in [0.717, 1.165) is 12.1 Å². The molecule has 0 bridgehead atoms. The average molecular weight is 291 g/mol. The molecule has 0 unspecified atom stereocenters. The van der Waals surface area contributed by atoms with E-state index in [4.69, 9.17) is 5.53 Å². The van der Waals surface area contributed by atoms with Gasteiger partial charge in [-0.25, -0.2) is 0 Å². The first-order valence-electron chi connectivity index (χ1n) is 5.24. The second-order valence-electron chi connectivity index (χ2n) is 3.28. The largest absolute Gasteiger partial charge is 0.431 e. The molecule has 1 aromatic carbocycles. The summed E-state index contributed by atoms with van der Waals surface area (Å²) < 4.78 is 56.7. The molecule has 0 saturated heterocycles. The Balaban J connectivity index is 2.94. The minimum Gasteiger partial charge on any atom is -0.431 e. The van der Waals surface area contributed by atoms with Crippen LogP contribution in [0.1, 0.15) is 5.56 Å². The predicted octanol–water partition coefficient (Wildman–Crippen LogP) is 4.21. The molecule has 0 spiro atoms. The van der Waals surface area contributed by atoms with Crippen LogP contribution < -0.4 is 9.47 Å². The second kappa shape index (κ2) is 7.90. The molecule has 0 N–H and O–H groups in total. The van der Waals surface area contributed by atoms with Crippen molar-refractivity contribution >= 4 is 6.08 Å². The van der Waals surface area contributed by atoms with Crippen molar-refractivity contribution in [3.63, 3.8) is 0 Å². The Bertz CT molecular complexity index is 516. The molecule has 0 aliphatic rings. The minimum absolute atomic E-state index is 0.0663. The first kappa shape index (κ1) is 15.6. The summed E-state index contributed by atoms with van der Waals surface area (Å²) in [6, 6.07) is 3.55. The molecule has 0 aliphatic heterocycles. The molecule has 9 heteroatoms. The van der Waals surface area contributed by atoms with Crippen molar-refractivity contribution < 1.29 is 27.0 Å². The topological polar surface area (TPSA) is 67.2 Å². The second-order valence-corrected chi connectivity index (χ2v) is 3.28. The third-order valence-corrected chi connectivity index (χ3v) is 1.96. The van der Waals surface area contributed by atoms with Crippen LogP contribution in [-0.4, -0.2) is 19.8 Å². The van der Waals surface area contributed by atoms with Gasteiger partial charge in [0.25, 0.3) is 0 Å². The van der Waals surface area contributed by atoms with Crippen LogP contribution in [-0.2, 0) is 0 Å². The summed E-state index contributed by atoms with van der Waals surface area (Å²) in [5.74, 6) is -1.00. The van der Waals surface area contributed by atoms with E-state index in [-0.39, 0.29) is 6.54 Å². The van der Waals surface area contributed by atoms with Gasteiger partial charge in [-0.2, -0.15) is 17.6 Å². The minimum atomic E-state index is -3.17. The Morgan fingerprint density at radius 1 is 1.15 bits per heavy atom. The monoisotopic (exact) mass is 291 g/mol. The molecular weight excluding hydrogens is 282 g/mol. The van der Waals surface area contributed by atoms with Crippen LogP contribution in [0.2, 0.25) is 0 Å². The van der Waals surface area contributed by atoms with Crippen LogP contribution in [0.25, 0.3) is 16.5 Å². The summed E-state index contributed by atoms with van der Waals surface area (Å²) in [5.41, 5.74) is 8.46. The maximum Gasteiger partial charge on any atom is 0.387 e. The van der Waals surface area contributed by atoms with Gasteiger partial charge in [0, 0.05) is 11.5 Å². The summed E-state index contributed by atoms with van der Waals surface area (Å²) in [7, 11) is 0. The number of hydrogen-bond donors (Lipinski definition) is 0. The third kappa shape index (κ3) is 5.49. The lowest BCUT2D eigenvalue weighted by molar-refractivity contribution is -0.0692. The number of ether oxygens (including phenoxy) is 2. The Morgan fingerprint density at radius 2 is 1.80 bits per heavy atom. The molecule has 0 fully saturated rings. The summed E-state index contributed by atoms with van der Waals surface area (Å²) in [6.45, 7) is -6.25. The van der Waals surface area contributed by atoms with Crippen LogP contribution in [0.5, 0.6) is 11.5 Å². The van der Waals surface area contributed by atoms with Gasteiger partial charge in [-0.05, 0) is 23.2 Å². The van der Waals surface area contributed by atoms with Gasteiger partial charge in [0.05, 0.1) is 0 Å². The number of halogens is 4. The van der Waals surface area contributed by atoms with E-state index in [1.807, 2.05) is 0 Å². The molecule has 1 rings (SSSR count). The first-order chi connectivity index (χ1) is 9.52. The highest BCUT2D eigenvalue weighted by Crippen LogP contribution is 2.31. The van der Waals surface area contributed by atoms with Crippen molar-refractivity contribution in [1.82, 2.24) is 0 Å². The van der Waals surface area contributed by atoms with E-state index in [9.17, 15) is 17.6 Å². The van der Waals surface area contributed by atoms with E-state index in [2.05, 4.69) is 19.5 Å². The van der Waals surface area contributed by atoms with Crippen LogP contribution in [0.4, 0.5) is 17.6 Å². The average Bonchev–Trinajstić information content (AvgIpc) is 2.36. The number of nitrogens with zero attached hydrogens (tertiary/aromatic N) is 3. The van der Waals surface area contributed by atoms with Gasteiger partial charge < -0.3 is 9.47 Å². The van der Waals surface area contributed by atoms with Crippen molar-refractivity contribution in [2.75, 3.05) is 6.54 Å². The fourth-order valence-electron chi connectivity index (χ4n) is 1.28. The Hall–Kier alpha value is -2.41. The molecular formula is C11H9F4N3O2. The molecule has 108 valence electrons. The Morgan fingerprint density at radius 3 is 2.40 bits per heavy atom. The van der Waals surface area contributed by atoms with Crippen molar-refractivity contribution in [2.45, 2.75) is 13.2 Å². The summed E-state index contributed by atoms with van der Waals surface area (Å²) in [6.07, 6.45) is 2.92. The van der Waals surface area contributed by atoms with Crippen LogP contribution in [0.3, 0.4) is 0 Å². The molecule has 0 amide bonds. The maximum absolute atomic E-state index is 12.2. The SMILES string of the molecule is [N-]=[N+]=NCC=Cc1ccc(OC(F)F)c(OC(F)F)c1. The van der Waals surface area contributed by atoms with Crippen molar-refractivity contribution in [2.24, 2.45) is 5.11 Å². The van der Waals surface area contributed by atoms with Crippen LogP contribution in [0.15, 0.2) is 29.4 Å². The van der Waals surface area contributed by atoms with Crippen LogP contribution >= 0.6 is 0 Å². The quantitative estimate of drug-likeness (QED) is 0.327.